The van der Waals surface area contributed by atoms with Crippen LogP contribution in [0.2, 0.25) is 5.02 Å². The van der Waals surface area contributed by atoms with Gasteiger partial charge >= 0.3 is 6.03 Å². The summed E-state index contributed by atoms with van der Waals surface area (Å²) in [7, 11) is 0. The molecule has 2 aromatic carbocycles. The number of hydrogen-bond donors (Lipinski definition) is 2. The summed E-state index contributed by atoms with van der Waals surface area (Å²) >= 11 is 5.86. The fourth-order valence-corrected chi connectivity index (χ4v) is 2.24. The van der Waals surface area contributed by atoms with E-state index in [4.69, 9.17) is 16.3 Å². The number of carbonyl (C=O) groups is 2. The third-order valence-electron chi connectivity index (χ3n) is 3.50. The van der Waals surface area contributed by atoms with Crippen molar-refractivity contribution in [2.24, 2.45) is 0 Å². The Hall–Kier alpha value is -3.13. The van der Waals surface area contributed by atoms with Gasteiger partial charge in [-0.3, -0.25) is 20.2 Å². The lowest BCUT2D eigenvalue weighted by atomic mass is 10.1. The number of nitro groups is 1. The van der Waals surface area contributed by atoms with Gasteiger partial charge in [-0.1, -0.05) is 17.7 Å². The van der Waals surface area contributed by atoms with E-state index in [-0.39, 0.29) is 16.5 Å². The summed E-state index contributed by atoms with van der Waals surface area (Å²) in [6.07, 6.45) is 0. The van der Waals surface area contributed by atoms with E-state index in [1.807, 2.05) is 19.9 Å². The molecule has 136 valence electrons. The molecule has 0 unspecified atom stereocenters. The minimum absolute atomic E-state index is 0.00779. The SMILES string of the molecule is Cc1ccc(NC(=O)NC(=O)COc2ccc([N+](=O)[O-])cc2Cl)cc1C. The first-order valence-electron chi connectivity index (χ1n) is 7.51. The number of benzene rings is 2. The lowest BCUT2D eigenvalue weighted by Gasteiger charge is -2.10. The summed E-state index contributed by atoms with van der Waals surface area (Å²) in [6, 6.07) is 8.26. The maximum absolute atomic E-state index is 11.8. The molecule has 0 aliphatic heterocycles. The summed E-state index contributed by atoms with van der Waals surface area (Å²) in [5.41, 5.74) is 2.45. The van der Waals surface area contributed by atoms with Crippen molar-refractivity contribution in [3.05, 3.63) is 62.7 Å². The highest BCUT2D eigenvalue weighted by Crippen LogP contribution is 2.28. The van der Waals surface area contributed by atoms with Crippen molar-refractivity contribution in [1.82, 2.24) is 5.32 Å². The maximum atomic E-state index is 11.8. The third-order valence-corrected chi connectivity index (χ3v) is 3.80. The Morgan fingerprint density at radius 1 is 1.15 bits per heavy atom. The van der Waals surface area contributed by atoms with Crippen LogP contribution >= 0.6 is 11.6 Å². The van der Waals surface area contributed by atoms with Gasteiger partial charge in [-0.25, -0.2) is 4.79 Å². The van der Waals surface area contributed by atoms with Crippen LogP contribution in [0.5, 0.6) is 5.75 Å². The van der Waals surface area contributed by atoms with Crippen molar-refractivity contribution in [3.63, 3.8) is 0 Å². The fraction of sp³-hybridized carbons (Fsp3) is 0.176. The van der Waals surface area contributed by atoms with E-state index in [0.29, 0.717) is 5.69 Å². The van der Waals surface area contributed by atoms with E-state index < -0.39 is 23.5 Å². The van der Waals surface area contributed by atoms with Crippen molar-refractivity contribution < 1.29 is 19.2 Å². The molecule has 0 saturated heterocycles. The standard InChI is InChI=1S/C17H16ClN3O5/c1-10-3-4-12(7-11(10)2)19-17(23)20-16(22)9-26-15-6-5-13(21(24)25)8-14(15)18/h3-8H,9H2,1-2H3,(H2,19,20,22,23). The van der Waals surface area contributed by atoms with E-state index in [0.717, 1.165) is 17.2 Å². The third kappa shape index (κ3) is 5.18. The van der Waals surface area contributed by atoms with Gasteiger partial charge in [0.15, 0.2) is 6.61 Å². The Labute approximate surface area is 154 Å². The number of ether oxygens (including phenoxy) is 1. The average molecular weight is 378 g/mol. The topological polar surface area (TPSA) is 111 Å². The molecule has 0 atom stereocenters. The van der Waals surface area contributed by atoms with E-state index >= 15 is 0 Å². The molecule has 26 heavy (non-hydrogen) atoms. The number of anilines is 1. The number of rotatable bonds is 5. The molecule has 9 heteroatoms. The molecular weight excluding hydrogens is 362 g/mol. The Morgan fingerprint density at radius 3 is 2.50 bits per heavy atom. The molecule has 2 N–H and O–H groups in total. The van der Waals surface area contributed by atoms with Crippen molar-refractivity contribution in [2.75, 3.05) is 11.9 Å². The molecule has 0 fully saturated rings. The number of nitrogens with one attached hydrogen (secondary N) is 2. The second-order valence-electron chi connectivity index (χ2n) is 5.46. The van der Waals surface area contributed by atoms with Crippen LogP contribution in [0, 0.1) is 24.0 Å². The number of hydrogen-bond acceptors (Lipinski definition) is 5. The van der Waals surface area contributed by atoms with Gasteiger partial charge in [0, 0.05) is 17.8 Å². The van der Waals surface area contributed by atoms with E-state index in [1.54, 1.807) is 12.1 Å². The van der Waals surface area contributed by atoms with Crippen LogP contribution in [-0.4, -0.2) is 23.5 Å². The van der Waals surface area contributed by atoms with Crippen LogP contribution in [-0.2, 0) is 4.79 Å². The Balaban J connectivity index is 1.87. The summed E-state index contributed by atoms with van der Waals surface area (Å²) in [6.45, 7) is 3.38. The van der Waals surface area contributed by atoms with Crippen molar-refractivity contribution >= 4 is 34.9 Å². The molecule has 2 aromatic rings. The summed E-state index contributed by atoms with van der Waals surface area (Å²) in [5.74, 6) is -0.595. The van der Waals surface area contributed by atoms with Gasteiger partial charge in [-0.2, -0.15) is 0 Å². The zero-order chi connectivity index (χ0) is 19.3. The summed E-state index contributed by atoms with van der Waals surface area (Å²) < 4.78 is 5.17. The summed E-state index contributed by atoms with van der Waals surface area (Å²) in [5, 5.41) is 15.3. The largest absolute Gasteiger partial charge is 0.482 e. The van der Waals surface area contributed by atoms with Gasteiger partial charge in [-0.05, 0) is 43.2 Å². The Bertz CT molecular complexity index is 869. The number of imide groups is 1. The first-order valence-corrected chi connectivity index (χ1v) is 7.89. The number of halogens is 1. The van der Waals surface area contributed by atoms with Crippen molar-refractivity contribution in [3.8, 4) is 5.75 Å². The van der Waals surface area contributed by atoms with Gasteiger partial charge in [0.2, 0.25) is 0 Å². The Kier molecular flexibility index (Phi) is 6.13. The Morgan fingerprint density at radius 2 is 1.88 bits per heavy atom. The second kappa shape index (κ2) is 8.30. The molecule has 0 radical (unpaired) electrons. The van der Waals surface area contributed by atoms with Gasteiger partial charge < -0.3 is 10.1 Å². The van der Waals surface area contributed by atoms with E-state index in [2.05, 4.69) is 10.6 Å². The number of nitrogens with zero attached hydrogens (tertiary/aromatic N) is 1. The minimum Gasteiger partial charge on any atom is -0.482 e. The predicted molar refractivity (Wildman–Crippen MR) is 96.7 cm³/mol. The highest BCUT2D eigenvalue weighted by molar-refractivity contribution is 6.32. The van der Waals surface area contributed by atoms with E-state index in [9.17, 15) is 19.7 Å². The molecule has 0 aliphatic carbocycles. The highest BCUT2D eigenvalue weighted by Gasteiger charge is 2.13. The predicted octanol–water partition coefficient (Wildman–Crippen LogP) is 3.59. The number of nitro benzene ring substituents is 1. The molecule has 0 bridgehead atoms. The van der Waals surface area contributed by atoms with Crippen LogP contribution in [0.25, 0.3) is 0 Å². The fourth-order valence-electron chi connectivity index (χ4n) is 2.01. The number of aryl methyl sites for hydroxylation is 2. The number of amides is 3. The number of carbonyl (C=O) groups excluding carboxylic acids is 2. The average Bonchev–Trinajstić information content (AvgIpc) is 2.56. The van der Waals surface area contributed by atoms with Crippen molar-refractivity contribution in [1.29, 1.82) is 0 Å². The zero-order valence-corrected chi connectivity index (χ0v) is 14.8. The molecule has 0 saturated carbocycles. The lowest BCUT2D eigenvalue weighted by molar-refractivity contribution is -0.384. The van der Waals surface area contributed by atoms with E-state index in [1.165, 1.54) is 12.1 Å². The summed E-state index contributed by atoms with van der Waals surface area (Å²) in [4.78, 5) is 33.6. The molecule has 0 spiro atoms. The van der Waals surface area contributed by atoms with Crippen LogP contribution in [0.15, 0.2) is 36.4 Å². The molecule has 8 nitrogen and oxygen atoms in total. The second-order valence-corrected chi connectivity index (χ2v) is 5.87. The normalized spacial score (nSPS) is 10.1. The number of non-ortho nitro benzene ring substituents is 1. The van der Waals surface area contributed by atoms with Gasteiger partial charge in [-0.15, -0.1) is 0 Å². The molecule has 0 aromatic heterocycles. The monoisotopic (exact) mass is 377 g/mol. The van der Waals surface area contributed by atoms with Crippen LogP contribution in [0.3, 0.4) is 0 Å². The van der Waals surface area contributed by atoms with Crippen LogP contribution in [0.1, 0.15) is 11.1 Å². The van der Waals surface area contributed by atoms with Crippen LogP contribution in [0.4, 0.5) is 16.2 Å². The molecular formula is C17H16ClN3O5. The quantitative estimate of drug-likeness (QED) is 0.611. The maximum Gasteiger partial charge on any atom is 0.325 e. The zero-order valence-electron chi connectivity index (χ0n) is 14.0. The molecule has 0 heterocycles. The van der Waals surface area contributed by atoms with Crippen LogP contribution < -0.4 is 15.4 Å². The minimum atomic E-state index is -0.698. The van der Waals surface area contributed by atoms with Crippen molar-refractivity contribution in [2.45, 2.75) is 13.8 Å². The highest BCUT2D eigenvalue weighted by atomic mass is 35.5. The molecule has 2 rings (SSSR count). The van der Waals surface area contributed by atoms with Gasteiger partial charge in [0.25, 0.3) is 11.6 Å². The first kappa shape index (κ1) is 19.2. The van der Waals surface area contributed by atoms with Gasteiger partial charge in [0.05, 0.1) is 9.95 Å². The van der Waals surface area contributed by atoms with Gasteiger partial charge in [0.1, 0.15) is 5.75 Å². The lowest BCUT2D eigenvalue weighted by Crippen LogP contribution is -2.37. The molecule has 0 aliphatic rings. The smallest absolute Gasteiger partial charge is 0.325 e. The molecule has 3 amide bonds. The number of urea groups is 1. The first-order chi connectivity index (χ1) is 12.3.